The van der Waals surface area contributed by atoms with Crippen LogP contribution in [0.5, 0.6) is 5.75 Å². The summed E-state index contributed by atoms with van der Waals surface area (Å²) in [6.45, 7) is 1.37. The number of ether oxygens (including phenoxy) is 1. The number of benzene rings is 1. The maximum absolute atomic E-state index is 10.8. The van der Waals surface area contributed by atoms with Crippen molar-refractivity contribution >= 4 is 51.1 Å². The molecule has 1 heterocycles. The van der Waals surface area contributed by atoms with Gasteiger partial charge >= 0.3 is 5.97 Å². The van der Waals surface area contributed by atoms with Crippen LogP contribution in [0.15, 0.2) is 18.3 Å². The molecule has 5 heteroatoms. The summed E-state index contributed by atoms with van der Waals surface area (Å²) in [5.41, 5.74) is 0.858. The number of H-pyrrole nitrogens is 1. The summed E-state index contributed by atoms with van der Waals surface area (Å²) in [4.78, 5) is 13.8. The molecule has 0 spiro atoms. The van der Waals surface area contributed by atoms with Gasteiger partial charge in [-0.3, -0.25) is 4.79 Å². The van der Waals surface area contributed by atoms with Gasteiger partial charge in [-0.2, -0.15) is 0 Å². The van der Waals surface area contributed by atoms with Gasteiger partial charge in [-0.05, 0) is 34.7 Å². The summed E-state index contributed by atoms with van der Waals surface area (Å²) in [5, 5.41) is 1.54. The number of aromatic amines is 1. The molecule has 0 saturated carbocycles. The molecular formula is C10H7ClINO2. The van der Waals surface area contributed by atoms with Gasteiger partial charge in [-0.1, -0.05) is 11.6 Å². The van der Waals surface area contributed by atoms with E-state index in [1.807, 2.05) is 12.1 Å². The number of fused-ring (bicyclic) bond motifs is 1. The first-order valence-electron chi connectivity index (χ1n) is 4.22. The van der Waals surface area contributed by atoms with E-state index in [1.54, 1.807) is 6.20 Å². The van der Waals surface area contributed by atoms with Crippen molar-refractivity contribution in [2.24, 2.45) is 0 Å². The van der Waals surface area contributed by atoms with Gasteiger partial charge in [0, 0.05) is 22.1 Å². The highest BCUT2D eigenvalue weighted by atomic mass is 127. The lowest BCUT2D eigenvalue weighted by molar-refractivity contribution is -0.131. The van der Waals surface area contributed by atoms with E-state index in [2.05, 4.69) is 27.6 Å². The number of aromatic nitrogens is 1. The quantitative estimate of drug-likeness (QED) is 0.641. The summed E-state index contributed by atoms with van der Waals surface area (Å²) < 4.78 is 5.97. The van der Waals surface area contributed by atoms with Crippen LogP contribution in [0.2, 0.25) is 5.02 Å². The molecule has 0 saturated heterocycles. The van der Waals surface area contributed by atoms with Gasteiger partial charge in [-0.25, -0.2) is 0 Å². The van der Waals surface area contributed by atoms with Gasteiger partial charge in [0.25, 0.3) is 0 Å². The zero-order chi connectivity index (χ0) is 11.0. The highest BCUT2D eigenvalue weighted by Gasteiger charge is 2.09. The zero-order valence-corrected chi connectivity index (χ0v) is 10.7. The standard InChI is InChI=1S/C10H7ClINO2/c1-5(14)15-10-4-13-9-3-7(11)8(12)2-6(9)10/h2-4,13H,1H3. The third-order valence-corrected chi connectivity index (χ3v) is 3.46. The molecule has 0 unspecified atom stereocenters. The maximum atomic E-state index is 10.8. The molecule has 0 amide bonds. The summed E-state index contributed by atoms with van der Waals surface area (Å²) >= 11 is 8.10. The van der Waals surface area contributed by atoms with Crippen molar-refractivity contribution in [2.75, 3.05) is 0 Å². The lowest BCUT2D eigenvalue weighted by Gasteiger charge is -2.00. The van der Waals surface area contributed by atoms with Crippen LogP contribution in [-0.2, 0) is 4.79 Å². The molecule has 0 aliphatic rings. The Morgan fingerprint density at radius 2 is 2.27 bits per heavy atom. The van der Waals surface area contributed by atoms with E-state index in [4.69, 9.17) is 16.3 Å². The molecule has 0 fully saturated rings. The van der Waals surface area contributed by atoms with Crippen LogP contribution in [-0.4, -0.2) is 11.0 Å². The first-order chi connectivity index (χ1) is 7.08. The number of carbonyl (C=O) groups excluding carboxylic acids is 1. The van der Waals surface area contributed by atoms with E-state index in [0.717, 1.165) is 14.5 Å². The third kappa shape index (κ3) is 2.10. The van der Waals surface area contributed by atoms with Gasteiger partial charge in [-0.15, -0.1) is 0 Å². The van der Waals surface area contributed by atoms with Gasteiger partial charge in [0.2, 0.25) is 0 Å². The third-order valence-electron chi connectivity index (χ3n) is 1.94. The van der Waals surface area contributed by atoms with Crippen molar-refractivity contribution in [3.63, 3.8) is 0 Å². The first-order valence-corrected chi connectivity index (χ1v) is 5.68. The smallest absolute Gasteiger partial charge is 0.308 e. The van der Waals surface area contributed by atoms with Crippen molar-refractivity contribution in [3.8, 4) is 5.75 Å². The Hall–Kier alpha value is -0.750. The van der Waals surface area contributed by atoms with Crippen LogP contribution >= 0.6 is 34.2 Å². The molecule has 1 aromatic carbocycles. The second kappa shape index (κ2) is 4.02. The Balaban J connectivity index is 2.59. The molecule has 1 N–H and O–H groups in total. The molecule has 0 aliphatic carbocycles. The predicted octanol–water partition coefficient (Wildman–Crippen LogP) is 3.35. The predicted molar refractivity (Wildman–Crippen MR) is 67.3 cm³/mol. The minimum atomic E-state index is -0.333. The van der Waals surface area contributed by atoms with E-state index in [9.17, 15) is 4.79 Å². The van der Waals surface area contributed by atoms with Crippen LogP contribution < -0.4 is 4.74 Å². The fraction of sp³-hybridized carbons (Fsp3) is 0.100. The van der Waals surface area contributed by atoms with Crippen LogP contribution in [0, 0.1) is 3.57 Å². The SMILES string of the molecule is CC(=O)Oc1c[nH]c2cc(Cl)c(I)cc12. The summed E-state index contributed by atoms with van der Waals surface area (Å²) in [6, 6.07) is 3.69. The average molecular weight is 336 g/mol. The second-order valence-electron chi connectivity index (χ2n) is 3.06. The van der Waals surface area contributed by atoms with E-state index in [1.165, 1.54) is 6.92 Å². The molecule has 3 nitrogen and oxygen atoms in total. The molecule has 0 atom stereocenters. The number of hydrogen-bond donors (Lipinski definition) is 1. The molecule has 2 aromatic rings. The Morgan fingerprint density at radius 3 is 2.93 bits per heavy atom. The number of esters is 1. The van der Waals surface area contributed by atoms with Crippen molar-refractivity contribution in [3.05, 3.63) is 26.9 Å². The first kappa shape index (κ1) is 10.8. The molecule has 78 valence electrons. The molecule has 0 bridgehead atoms. The normalized spacial score (nSPS) is 10.6. The number of halogens is 2. The summed E-state index contributed by atoms with van der Waals surface area (Å²) in [7, 11) is 0. The Kier molecular flexibility index (Phi) is 2.88. The highest BCUT2D eigenvalue weighted by Crippen LogP contribution is 2.31. The summed E-state index contributed by atoms with van der Waals surface area (Å²) in [5.74, 6) is 0.202. The number of hydrogen-bond acceptors (Lipinski definition) is 2. The van der Waals surface area contributed by atoms with Crippen LogP contribution in [0.1, 0.15) is 6.92 Å². The van der Waals surface area contributed by atoms with Crippen molar-refractivity contribution < 1.29 is 9.53 Å². The number of rotatable bonds is 1. The highest BCUT2D eigenvalue weighted by molar-refractivity contribution is 14.1. The van der Waals surface area contributed by atoms with Gasteiger partial charge in [0.15, 0.2) is 5.75 Å². The van der Waals surface area contributed by atoms with E-state index < -0.39 is 0 Å². The summed E-state index contributed by atoms with van der Waals surface area (Å²) in [6.07, 6.45) is 1.65. The minimum Gasteiger partial charge on any atom is -0.424 e. The van der Waals surface area contributed by atoms with Crippen molar-refractivity contribution in [1.29, 1.82) is 0 Å². The molecule has 2 rings (SSSR count). The number of carbonyl (C=O) groups is 1. The van der Waals surface area contributed by atoms with Gasteiger partial charge < -0.3 is 9.72 Å². The molecular weight excluding hydrogens is 328 g/mol. The van der Waals surface area contributed by atoms with E-state index in [-0.39, 0.29) is 5.97 Å². The van der Waals surface area contributed by atoms with Gasteiger partial charge in [0.05, 0.1) is 10.5 Å². The second-order valence-corrected chi connectivity index (χ2v) is 4.63. The van der Waals surface area contributed by atoms with Crippen molar-refractivity contribution in [1.82, 2.24) is 4.98 Å². The molecule has 0 aliphatic heterocycles. The minimum absolute atomic E-state index is 0.333. The molecule has 0 radical (unpaired) electrons. The molecule has 15 heavy (non-hydrogen) atoms. The van der Waals surface area contributed by atoms with E-state index in [0.29, 0.717) is 10.8 Å². The van der Waals surface area contributed by atoms with E-state index >= 15 is 0 Å². The number of nitrogens with one attached hydrogen (secondary N) is 1. The zero-order valence-electron chi connectivity index (χ0n) is 7.80. The van der Waals surface area contributed by atoms with Crippen LogP contribution in [0.3, 0.4) is 0 Å². The maximum Gasteiger partial charge on any atom is 0.308 e. The van der Waals surface area contributed by atoms with Crippen LogP contribution in [0.25, 0.3) is 10.9 Å². The van der Waals surface area contributed by atoms with Crippen molar-refractivity contribution in [2.45, 2.75) is 6.92 Å². The van der Waals surface area contributed by atoms with Gasteiger partial charge in [0.1, 0.15) is 0 Å². The fourth-order valence-corrected chi connectivity index (χ4v) is 1.96. The monoisotopic (exact) mass is 335 g/mol. The molecule has 1 aromatic heterocycles. The lowest BCUT2D eigenvalue weighted by atomic mass is 10.2. The fourth-order valence-electron chi connectivity index (χ4n) is 1.33. The van der Waals surface area contributed by atoms with Crippen LogP contribution in [0.4, 0.5) is 0 Å². The largest absolute Gasteiger partial charge is 0.424 e. The Morgan fingerprint density at radius 1 is 1.53 bits per heavy atom. The Labute approximate surface area is 105 Å². The topological polar surface area (TPSA) is 42.1 Å². The lowest BCUT2D eigenvalue weighted by Crippen LogP contribution is -2.00. The Bertz CT molecular complexity index is 535. The average Bonchev–Trinajstić information content (AvgIpc) is 2.49.